The number of nitrogens with one attached hydrogen (secondary N) is 1. The van der Waals surface area contributed by atoms with Crippen LogP contribution in [0.25, 0.3) is 0 Å². The zero-order chi connectivity index (χ0) is 12.8. The van der Waals surface area contributed by atoms with Crippen molar-refractivity contribution < 1.29 is 0 Å². The number of aromatic nitrogens is 1. The maximum absolute atomic E-state index is 4.43. The molecule has 0 fully saturated rings. The van der Waals surface area contributed by atoms with Gasteiger partial charge in [-0.25, -0.2) is 0 Å². The predicted octanol–water partition coefficient (Wildman–Crippen LogP) is 3.14. The molecule has 1 atom stereocenters. The first kappa shape index (κ1) is 14.2. The number of nitrogens with zero attached hydrogens (tertiary/aromatic N) is 1. The van der Waals surface area contributed by atoms with Crippen molar-refractivity contribution in [2.45, 2.75) is 40.2 Å². The molecule has 96 valence electrons. The molecule has 1 rings (SSSR count). The fourth-order valence-electron chi connectivity index (χ4n) is 2.87. The van der Waals surface area contributed by atoms with Gasteiger partial charge in [0.2, 0.25) is 0 Å². The molecule has 1 aromatic rings. The highest BCUT2D eigenvalue weighted by molar-refractivity contribution is 5.06. The van der Waals surface area contributed by atoms with Gasteiger partial charge in [0.05, 0.1) is 0 Å². The van der Waals surface area contributed by atoms with E-state index in [2.05, 4.69) is 57.2 Å². The van der Waals surface area contributed by atoms with Gasteiger partial charge in [0.25, 0.3) is 0 Å². The summed E-state index contributed by atoms with van der Waals surface area (Å²) in [6.07, 6.45) is 2.89. The Morgan fingerprint density at radius 3 is 2.18 bits per heavy atom. The number of hydrogen-bond donors (Lipinski definition) is 1. The quantitative estimate of drug-likeness (QED) is 0.818. The van der Waals surface area contributed by atoms with Crippen molar-refractivity contribution in [1.29, 1.82) is 0 Å². The summed E-state index contributed by atoms with van der Waals surface area (Å²) in [6, 6.07) is 6.65. The number of likely N-dealkylation sites (N-methyl/N-ethyl adjacent to an activating group) is 1. The Bertz CT molecular complexity index is 298. The molecule has 1 heterocycles. The summed E-state index contributed by atoms with van der Waals surface area (Å²) >= 11 is 0. The highest BCUT2D eigenvalue weighted by Crippen LogP contribution is 2.25. The van der Waals surface area contributed by atoms with Crippen molar-refractivity contribution in [3.8, 4) is 0 Å². The Morgan fingerprint density at radius 2 is 1.76 bits per heavy atom. The Morgan fingerprint density at radius 1 is 1.12 bits per heavy atom. The maximum atomic E-state index is 4.43. The van der Waals surface area contributed by atoms with Gasteiger partial charge in [-0.3, -0.25) is 4.98 Å². The van der Waals surface area contributed by atoms with E-state index in [1.54, 1.807) is 0 Å². The Kier molecular flexibility index (Phi) is 5.63. The predicted molar refractivity (Wildman–Crippen MR) is 74.0 cm³/mol. The van der Waals surface area contributed by atoms with Crippen LogP contribution in [-0.2, 0) is 6.42 Å². The molecule has 0 aliphatic carbocycles. The molecule has 17 heavy (non-hydrogen) atoms. The minimum atomic E-state index is 0.505. The average molecular weight is 234 g/mol. The van der Waals surface area contributed by atoms with Crippen LogP contribution in [0.2, 0.25) is 0 Å². The standard InChI is InChI=1S/C15H26N2/c1-11(2)15(12(3)4)14(16-5)10-13-8-6-7-9-17-13/h6-9,11-12,14-16H,10H2,1-5H3. The molecule has 1 N–H and O–H groups in total. The van der Waals surface area contributed by atoms with Crippen LogP contribution in [-0.4, -0.2) is 18.1 Å². The summed E-state index contributed by atoms with van der Waals surface area (Å²) in [6.45, 7) is 9.25. The van der Waals surface area contributed by atoms with E-state index in [0.29, 0.717) is 23.8 Å². The summed E-state index contributed by atoms with van der Waals surface area (Å²) in [5.41, 5.74) is 1.18. The molecule has 0 aromatic carbocycles. The van der Waals surface area contributed by atoms with Crippen molar-refractivity contribution in [2.75, 3.05) is 7.05 Å². The molecular formula is C15H26N2. The van der Waals surface area contributed by atoms with Gasteiger partial charge in [0.1, 0.15) is 0 Å². The lowest BCUT2D eigenvalue weighted by Gasteiger charge is -2.33. The highest BCUT2D eigenvalue weighted by Gasteiger charge is 2.26. The van der Waals surface area contributed by atoms with Crippen molar-refractivity contribution in [3.05, 3.63) is 30.1 Å². The largest absolute Gasteiger partial charge is 0.316 e. The topological polar surface area (TPSA) is 24.9 Å². The number of pyridine rings is 1. The van der Waals surface area contributed by atoms with Gasteiger partial charge >= 0.3 is 0 Å². The van der Waals surface area contributed by atoms with Crippen LogP contribution in [0, 0.1) is 17.8 Å². The third kappa shape index (κ3) is 4.12. The van der Waals surface area contributed by atoms with Gasteiger partial charge in [0.15, 0.2) is 0 Å². The fourth-order valence-corrected chi connectivity index (χ4v) is 2.87. The minimum Gasteiger partial charge on any atom is -0.316 e. The van der Waals surface area contributed by atoms with Gasteiger partial charge in [-0.1, -0.05) is 33.8 Å². The smallest absolute Gasteiger partial charge is 0.0419 e. The lowest BCUT2D eigenvalue weighted by Crippen LogP contribution is -2.41. The fraction of sp³-hybridized carbons (Fsp3) is 0.667. The first-order valence-corrected chi connectivity index (χ1v) is 6.63. The van der Waals surface area contributed by atoms with E-state index in [4.69, 9.17) is 0 Å². The lowest BCUT2D eigenvalue weighted by molar-refractivity contribution is 0.213. The second kappa shape index (κ2) is 6.75. The third-order valence-electron chi connectivity index (χ3n) is 3.53. The zero-order valence-corrected chi connectivity index (χ0v) is 11.8. The van der Waals surface area contributed by atoms with Crippen LogP contribution in [0.4, 0.5) is 0 Å². The SMILES string of the molecule is CNC(Cc1ccccn1)C(C(C)C)C(C)C. The molecule has 0 aliphatic rings. The van der Waals surface area contributed by atoms with Gasteiger partial charge in [0, 0.05) is 24.4 Å². The van der Waals surface area contributed by atoms with Gasteiger partial charge in [-0.2, -0.15) is 0 Å². The van der Waals surface area contributed by atoms with Gasteiger partial charge < -0.3 is 5.32 Å². The second-order valence-corrected chi connectivity index (χ2v) is 5.49. The van der Waals surface area contributed by atoms with E-state index in [9.17, 15) is 0 Å². The Hall–Kier alpha value is -0.890. The third-order valence-corrected chi connectivity index (χ3v) is 3.53. The lowest BCUT2D eigenvalue weighted by atomic mass is 9.78. The molecule has 0 spiro atoms. The van der Waals surface area contributed by atoms with Gasteiger partial charge in [-0.05, 0) is 36.9 Å². The molecule has 2 nitrogen and oxygen atoms in total. The van der Waals surface area contributed by atoms with E-state index >= 15 is 0 Å². The summed E-state index contributed by atoms with van der Waals surface area (Å²) in [5.74, 6) is 2.06. The average Bonchev–Trinajstić information content (AvgIpc) is 2.28. The van der Waals surface area contributed by atoms with Crippen molar-refractivity contribution in [2.24, 2.45) is 17.8 Å². The Labute approximate surface area is 106 Å². The van der Waals surface area contributed by atoms with E-state index in [1.165, 1.54) is 5.69 Å². The molecule has 1 unspecified atom stereocenters. The van der Waals surface area contributed by atoms with Crippen molar-refractivity contribution in [1.82, 2.24) is 10.3 Å². The maximum Gasteiger partial charge on any atom is 0.0419 e. The first-order valence-electron chi connectivity index (χ1n) is 6.63. The van der Waals surface area contributed by atoms with Crippen LogP contribution in [0.5, 0.6) is 0 Å². The first-order chi connectivity index (χ1) is 8.06. The van der Waals surface area contributed by atoms with Crippen molar-refractivity contribution >= 4 is 0 Å². The van der Waals surface area contributed by atoms with E-state index < -0.39 is 0 Å². The van der Waals surface area contributed by atoms with E-state index in [0.717, 1.165) is 6.42 Å². The molecule has 0 amide bonds. The normalized spacial score (nSPS) is 13.6. The number of rotatable bonds is 6. The molecule has 1 aromatic heterocycles. The van der Waals surface area contributed by atoms with Crippen LogP contribution < -0.4 is 5.32 Å². The highest BCUT2D eigenvalue weighted by atomic mass is 14.9. The summed E-state index contributed by atoms with van der Waals surface area (Å²) in [7, 11) is 2.06. The molecule has 0 bridgehead atoms. The number of hydrogen-bond acceptors (Lipinski definition) is 2. The summed E-state index contributed by atoms with van der Waals surface area (Å²) in [5, 5.41) is 3.47. The van der Waals surface area contributed by atoms with Crippen LogP contribution >= 0.6 is 0 Å². The molecular weight excluding hydrogens is 208 g/mol. The second-order valence-electron chi connectivity index (χ2n) is 5.49. The van der Waals surface area contributed by atoms with Crippen molar-refractivity contribution in [3.63, 3.8) is 0 Å². The van der Waals surface area contributed by atoms with E-state index in [-0.39, 0.29) is 0 Å². The summed E-state index contributed by atoms with van der Waals surface area (Å²) < 4.78 is 0. The van der Waals surface area contributed by atoms with Crippen LogP contribution in [0.3, 0.4) is 0 Å². The van der Waals surface area contributed by atoms with Crippen LogP contribution in [0.1, 0.15) is 33.4 Å². The van der Waals surface area contributed by atoms with Gasteiger partial charge in [-0.15, -0.1) is 0 Å². The van der Waals surface area contributed by atoms with E-state index in [1.807, 2.05) is 12.3 Å². The zero-order valence-electron chi connectivity index (χ0n) is 11.8. The minimum absolute atomic E-state index is 0.505. The Balaban J connectivity index is 2.76. The monoisotopic (exact) mass is 234 g/mol. The molecule has 0 radical (unpaired) electrons. The molecule has 2 heteroatoms. The molecule has 0 saturated carbocycles. The van der Waals surface area contributed by atoms with Crippen LogP contribution in [0.15, 0.2) is 24.4 Å². The summed E-state index contributed by atoms with van der Waals surface area (Å²) in [4.78, 5) is 4.43. The molecule has 0 aliphatic heterocycles. The molecule has 0 saturated heterocycles.